The van der Waals surface area contributed by atoms with Crippen molar-refractivity contribution < 1.29 is 39.6 Å². The van der Waals surface area contributed by atoms with Crippen molar-refractivity contribution in [3.63, 3.8) is 0 Å². The molecule has 0 unspecified atom stereocenters. The maximum atomic E-state index is 14.1. The van der Waals surface area contributed by atoms with Gasteiger partial charge in [0.15, 0.2) is 0 Å². The number of hydrogen-bond acceptors (Lipinski definition) is 8. The number of nitrogens with one attached hydrogen (secondary N) is 4. The van der Waals surface area contributed by atoms with Crippen LogP contribution in [-0.2, 0) is 51.6 Å². The van der Waals surface area contributed by atoms with Gasteiger partial charge in [-0.25, -0.2) is 19.2 Å². The van der Waals surface area contributed by atoms with Gasteiger partial charge < -0.3 is 40.4 Å². The highest BCUT2D eigenvalue weighted by Gasteiger charge is 2.34. The van der Waals surface area contributed by atoms with E-state index in [-0.39, 0.29) is 57.4 Å². The summed E-state index contributed by atoms with van der Waals surface area (Å²) in [7, 11) is 0. The van der Waals surface area contributed by atoms with Gasteiger partial charge >= 0.3 is 23.9 Å². The number of aromatic nitrogens is 6. The Morgan fingerprint density at radius 2 is 0.675 bits per heavy atom. The molecule has 0 amide bonds. The van der Waals surface area contributed by atoms with Gasteiger partial charge in [-0.15, -0.1) is 0 Å². The summed E-state index contributed by atoms with van der Waals surface area (Å²) in [5.74, 6) is -5.76. The van der Waals surface area contributed by atoms with Crippen molar-refractivity contribution in [1.29, 1.82) is 0 Å². The zero-order valence-corrected chi connectivity index (χ0v) is 45.9. The topological polar surface area (TPSA) is 290 Å². The molecule has 6 aromatic heterocycles. The molecule has 414 valence electrons. The van der Waals surface area contributed by atoms with Gasteiger partial charge in [0.2, 0.25) is 0 Å². The van der Waals surface area contributed by atoms with E-state index < -0.39 is 58.0 Å². The lowest BCUT2D eigenvalue weighted by Gasteiger charge is -2.22. The first-order valence-corrected chi connectivity index (χ1v) is 27.0. The Morgan fingerprint density at radius 1 is 0.425 bits per heavy atom. The molecule has 6 heterocycles. The molecule has 9 rings (SSSR count). The molecule has 0 spiro atoms. The molecule has 0 atom stereocenters. The van der Waals surface area contributed by atoms with Gasteiger partial charge in [0, 0.05) is 35.9 Å². The molecule has 18 nitrogen and oxygen atoms in total. The lowest BCUT2D eigenvalue weighted by atomic mass is 9.84. The van der Waals surface area contributed by atoms with Gasteiger partial charge in [-0.3, -0.25) is 28.3 Å². The Balaban J connectivity index is 1.00. The van der Waals surface area contributed by atoms with Crippen LogP contribution in [0.25, 0.3) is 21.5 Å². The van der Waals surface area contributed by atoms with E-state index in [1.54, 1.807) is 0 Å². The van der Waals surface area contributed by atoms with Crippen LogP contribution in [0.15, 0.2) is 79.8 Å². The number of carboxylic acid groups (broad SMARTS) is 4. The summed E-state index contributed by atoms with van der Waals surface area (Å²) in [6.45, 7) is 14.9. The SMILES string of the molecule is CCc1c(C(=O)O)[nH]c(C(c2ccccc2CCCn2c(=O)c3cc4c(=O)n(CCCc5ccccc5C(c5[nH]c(C(=O)O)c(CC)c5C)c5[nH]c(C(=O)O)c(CC)c5C)c(=O)c4cc3c2=O)c2[nH]c(C(=O)O)c(CC)c2C)c1C. The summed E-state index contributed by atoms with van der Waals surface area (Å²) >= 11 is 0. The molecule has 0 saturated carbocycles. The third-order valence-electron chi connectivity index (χ3n) is 16.5. The number of carboxylic acids is 4. The summed E-state index contributed by atoms with van der Waals surface area (Å²) < 4.78 is 2.22. The van der Waals surface area contributed by atoms with Crippen LogP contribution in [0.1, 0.15) is 184 Å². The van der Waals surface area contributed by atoms with Gasteiger partial charge in [0.25, 0.3) is 22.2 Å². The van der Waals surface area contributed by atoms with E-state index in [0.717, 1.165) is 53.6 Å². The molecule has 9 aromatic rings. The molecular formula is C62H64N6O12. The van der Waals surface area contributed by atoms with Crippen LogP contribution in [0.2, 0.25) is 0 Å². The van der Waals surface area contributed by atoms with E-state index in [4.69, 9.17) is 0 Å². The van der Waals surface area contributed by atoms with E-state index in [0.29, 0.717) is 96.4 Å². The van der Waals surface area contributed by atoms with Crippen LogP contribution in [0.5, 0.6) is 0 Å². The van der Waals surface area contributed by atoms with E-state index in [9.17, 15) is 58.8 Å². The molecule has 0 radical (unpaired) electrons. The van der Waals surface area contributed by atoms with Crippen molar-refractivity contribution >= 4 is 45.4 Å². The molecule has 3 aromatic carbocycles. The van der Waals surface area contributed by atoms with Crippen molar-refractivity contribution in [2.45, 2.75) is 132 Å². The number of aromatic amines is 4. The molecule has 0 bridgehead atoms. The minimum absolute atomic E-state index is 0.00442. The second-order valence-corrected chi connectivity index (χ2v) is 20.6. The number of nitrogens with zero attached hydrogens (tertiary/aromatic N) is 2. The molecule has 0 fully saturated rings. The molecule has 0 aliphatic heterocycles. The summed E-state index contributed by atoms with van der Waals surface area (Å²) in [4.78, 5) is 119. The number of benzene rings is 3. The molecule has 18 heteroatoms. The Hall–Kier alpha value is -9.06. The Morgan fingerprint density at radius 3 is 0.900 bits per heavy atom. The largest absolute Gasteiger partial charge is 0.477 e. The fourth-order valence-corrected chi connectivity index (χ4v) is 12.6. The van der Waals surface area contributed by atoms with Gasteiger partial charge in [-0.2, -0.15) is 0 Å². The Bertz CT molecular complexity index is 3730. The number of hydrogen-bond donors (Lipinski definition) is 8. The van der Waals surface area contributed by atoms with E-state index in [2.05, 4.69) is 19.9 Å². The number of rotatable bonds is 22. The monoisotopic (exact) mass is 1080 g/mol. The number of H-pyrrole nitrogens is 4. The summed E-state index contributed by atoms with van der Waals surface area (Å²) in [6.07, 6.45) is 3.10. The number of carbonyl (C=O) groups is 4. The van der Waals surface area contributed by atoms with E-state index >= 15 is 0 Å². The smallest absolute Gasteiger partial charge is 0.352 e. The summed E-state index contributed by atoms with van der Waals surface area (Å²) in [6, 6.07) is 17.7. The van der Waals surface area contributed by atoms with Crippen molar-refractivity contribution in [2.75, 3.05) is 0 Å². The van der Waals surface area contributed by atoms with Gasteiger partial charge in [0.05, 0.1) is 33.4 Å². The van der Waals surface area contributed by atoms with Crippen LogP contribution in [0.3, 0.4) is 0 Å². The molecule has 8 N–H and O–H groups in total. The van der Waals surface area contributed by atoms with Crippen LogP contribution < -0.4 is 22.2 Å². The van der Waals surface area contributed by atoms with Crippen LogP contribution in [0.4, 0.5) is 0 Å². The third-order valence-corrected chi connectivity index (χ3v) is 16.5. The summed E-state index contributed by atoms with van der Waals surface area (Å²) in [5, 5.41) is 40.9. The van der Waals surface area contributed by atoms with Crippen molar-refractivity contribution in [3.05, 3.63) is 214 Å². The molecule has 80 heavy (non-hydrogen) atoms. The second kappa shape index (κ2) is 22.0. The standard InChI is InChI=1S/C62H64N6O12/c1-9-35-29(5)47(63-51(35)59(73)74)45(48-30(6)36(10-2)52(64-48)60(75)76)39-23-15-13-19-33(39)21-17-25-67-55(69)41-27-43-44(28-42(41)56(67)70)58(72)68(57(43)71)26-18-22-34-20-14-16-24-40(34)46(49-31(7)37(11-3)53(65-49)61(77)78)50-32(8)38(12-4)54(66-50)62(79)80/h13-16,19-20,23-24,27-28,45-46,63-66H,9-12,17-18,21-22,25-26H2,1-8H3,(H,73,74)(H,75,76)(H,77,78)(H,79,80). The minimum Gasteiger partial charge on any atom is -0.477 e. The Labute approximate surface area is 458 Å². The van der Waals surface area contributed by atoms with E-state index in [1.165, 1.54) is 12.1 Å². The van der Waals surface area contributed by atoms with Crippen molar-refractivity contribution in [2.24, 2.45) is 0 Å². The lowest BCUT2D eigenvalue weighted by molar-refractivity contribution is 0.0679. The van der Waals surface area contributed by atoms with Gasteiger partial charge in [-0.05, 0) is 158 Å². The quantitative estimate of drug-likeness (QED) is 0.0315. The number of aryl methyl sites for hydroxylation is 2. The lowest BCUT2D eigenvalue weighted by Crippen LogP contribution is -2.26. The maximum absolute atomic E-state index is 14.1. The normalized spacial score (nSPS) is 11.8. The van der Waals surface area contributed by atoms with Crippen LogP contribution in [-0.4, -0.2) is 73.4 Å². The third kappa shape index (κ3) is 9.30. The first-order valence-electron chi connectivity index (χ1n) is 27.0. The molecule has 0 saturated heterocycles. The molecule has 0 aliphatic carbocycles. The minimum atomic E-state index is -1.12. The van der Waals surface area contributed by atoms with Gasteiger partial charge in [0.1, 0.15) is 22.8 Å². The predicted molar refractivity (Wildman–Crippen MR) is 304 cm³/mol. The zero-order chi connectivity index (χ0) is 57.8. The van der Waals surface area contributed by atoms with Crippen molar-refractivity contribution in [3.8, 4) is 0 Å². The van der Waals surface area contributed by atoms with Gasteiger partial charge in [-0.1, -0.05) is 76.2 Å². The molecule has 0 aliphatic rings. The fraction of sp³-hybridized carbons (Fsp3) is 0.323. The van der Waals surface area contributed by atoms with E-state index in [1.807, 2.05) is 104 Å². The Kier molecular flexibility index (Phi) is 15.3. The van der Waals surface area contributed by atoms with Crippen molar-refractivity contribution in [1.82, 2.24) is 29.1 Å². The highest BCUT2D eigenvalue weighted by atomic mass is 16.4. The first-order chi connectivity index (χ1) is 38.2. The predicted octanol–water partition coefficient (Wildman–Crippen LogP) is 9.13. The number of fused-ring (bicyclic) bond motifs is 2. The van der Waals surface area contributed by atoms with Crippen LogP contribution in [0, 0.1) is 27.7 Å². The average molecular weight is 1090 g/mol. The second-order valence-electron chi connectivity index (χ2n) is 20.6. The average Bonchev–Trinajstić information content (AvgIpc) is 4.26. The number of aromatic carboxylic acids is 4. The molecular weight excluding hydrogens is 1020 g/mol. The van der Waals surface area contributed by atoms with Crippen LogP contribution >= 0.6 is 0 Å². The fourth-order valence-electron chi connectivity index (χ4n) is 12.6. The maximum Gasteiger partial charge on any atom is 0.352 e. The highest BCUT2D eigenvalue weighted by molar-refractivity contribution is 5.98. The zero-order valence-electron chi connectivity index (χ0n) is 45.9. The first kappa shape index (κ1) is 55.7. The highest BCUT2D eigenvalue weighted by Crippen LogP contribution is 2.42. The summed E-state index contributed by atoms with van der Waals surface area (Å²) in [5.41, 5.74) is 8.86.